The van der Waals surface area contributed by atoms with E-state index < -0.39 is 0 Å². The molecule has 2 heteroatoms. The summed E-state index contributed by atoms with van der Waals surface area (Å²) < 4.78 is 5.18. The molecule has 0 radical (unpaired) electrons. The summed E-state index contributed by atoms with van der Waals surface area (Å²) in [5, 5.41) is 0. The Bertz CT molecular complexity index is 530. The normalized spacial score (nSPS) is 37.9. The first-order chi connectivity index (χ1) is 10.8. The molecule has 2 fully saturated rings. The Labute approximate surface area is 141 Å². The van der Waals surface area contributed by atoms with Crippen LogP contribution >= 0.6 is 0 Å². The summed E-state index contributed by atoms with van der Waals surface area (Å²) >= 11 is 0. The van der Waals surface area contributed by atoms with Crippen molar-refractivity contribution in [1.29, 1.82) is 0 Å². The number of carbonyl (C=O) groups is 1. The molecular weight excluding hydrogens is 284 g/mol. The molecule has 0 spiro atoms. The standard InChI is InChI=1S/C21H32O2/c1-7-15(2)9-11-17-16(3)10-12-18-20(17,4)13-8-14-21(18,5)19(22)23-6/h7,9,17-18H,1,3,8,10-14H2,2,4-6H3/b15-9-/t17-,18+,20+,21-/m0/s1. The van der Waals surface area contributed by atoms with E-state index in [1.807, 2.05) is 6.08 Å². The predicted octanol–water partition coefficient (Wildman–Crippen LogP) is 5.46. The molecule has 0 bridgehead atoms. The van der Waals surface area contributed by atoms with Gasteiger partial charge in [0.15, 0.2) is 0 Å². The summed E-state index contributed by atoms with van der Waals surface area (Å²) in [5.41, 5.74) is 2.35. The lowest BCUT2D eigenvalue weighted by Crippen LogP contribution is -2.53. The molecule has 0 unspecified atom stereocenters. The highest BCUT2D eigenvalue weighted by molar-refractivity contribution is 5.77. The van der Waals surface area contributed by atoms with Crippen LogP contribution in [0, 0.1) is 22.7 Å². The first-order valence-electron chi connectivity index (χ1n) is 8.85. The summed E-state index contributed by atoms with van der Waals surface area (Å²) in [5.74, 6) is 0.794. The molecule has 2 aliphatic rings. The zero-order chi connectivity index (χ0) is 17.3. The van der Waals surface area contributed by atoms with Crippen molar-refractivity contribution >= 4 is 5.97 Å². The summed E-state index contributed by atoms with van der Waals surface area (Å²) in [6, 6.07) is 0. The van der Waals surface area contributed by atoms with Gasteiger partial charge >= 0.3 is 5.97 Å². The van der Waals surface area contributed by atoms with Gasteiger partial charge in [-0.25, -0.2) is 0 Å². The highest BCUT2D eigenvalue weighted by atomic mass is 16.5. The molecule has 0 heterocycles. The maximum Gasteiger partial charge on any atom is 0.311 e. The van der Waals surface area contributed by atoms with Crippen LogP contribution in [0.1, 0.15) is 59.3 Å². The SMILES string of the molecule is C=C/C(C)=C\C[C@H]1C(=C)CC[C@@H]2[C@]1(C)CCC[C@]2(C)C(=O)OC. The number of ether oxygens (including phenoxy) is 1. The minimum absolute atomic E-state index is 0.0301. The number of methoxy groups -OCH3 is 1. The van der Waals surface area contributed by atoms with Crippen molar-refractivity contribution in [3.63, 3.8) is 0 Å². The van der Waals surface area contributed by atoms with Gasteiger partial charge in [0.05, 0.1) is 12.5 Å². The molecule has 0 aliphatic heterocycles. The van der Waals surface area contributed by atoms with Crippen LogP contribution in [0.25, 0.3) is 0 Å². The molecule has 2 rings (SSSR count). The second kappa shape index (κ2) is 6.67. The first-order valence-corrected chi connectivity index (χ1v) is 8.85. The molecule has 2 saturated carbocycles. The Balaban J connectivity index is 2.36. The molecule has 0 saturated heterocycles. The molecular formula is C21H32O2. The number of carbonyl (C=O) groups excluding carboxylic acids is 1. The molecule has 4 atom stereocenters. The minimum Gasteiger partial charge on any atom is -0.469 e. The van der Waals surface area contributed by atoms with Crippen molar-refractivity contribution in [2.45, 2.75) is 59.3 Å². The van der Waals surface area contributed by atoms with E-state index >= 15 is 0 Å². The van der Waals surface area contributed by atoms with Gasteiger partial charge < -0.3 is 4.74 Å². The van der Waals surface area contributed by atoms with E-state index in [1.165, 1.54) is 24.7 Å². The third-order valence-corrected chi connectivity index (χ3v) is 6.67. The van der Waals surface area contributed by atoms with Crippen LogP contribution in [0.15, 0.2) is 36.5 Å². The first kappa shape index (κ1) is 18.0. The van der Waals surface area contributed by atoms with Crippen molar-refractivity contribution in [1.82, 2.24) is 0 Å². The Morgan fingerprint density at radius 2 is 2.09 bits per heavy atom. The van der Waals surface area contributed by atoms with E-state index in [2.05, 4.69) is 40.0 Å². The van der Waals surface area contributed by atoms with E-state index in [1.54, 1.807) is 0 Å². The molecule has 2 nitrogen and oxygen atoms in total. The number of allylic oxidation sites excluding steroid dienone is 4. The molecule has 0 amide bonds. The zero-order valence-corrected chi connectivity index (χ0v) is 15.3. The van der Waals surface area contributed by atoms with Crippen molar-refractivity contribution in [3.8, 4) is 0 Å². The molecule has 0 N–H and O–H groups in total. The fourth-order valence-electron chi connectivity index (χ4n) is 5.25. The lowest BCUT2D eigenvalue weighted by molar-refractivity contribution is -0.167. The Hall–Kier alpha value is -1.31. The van der Waals surface area contributed by atoms with Gasteiger partial charge in [0.2, 0.25) is 0 Å². The number of fused-ring (bicyclic) bond motifs is 1. The van der Waals surface area contributed by atoms with E-state index in [9.17, 15) is 4.79 Å². The third-order valence-electron chi connectivity index (χ3n) is 6.67. The summed E-state index contributed by atoms with van der Waals surface area (Å²) in [6.07, 6.45) is 10.5. The van der Waals surface area contributed by atoms with Gasteiger partial charge in [-0.15, -0.1) is 0 Å². The Morgan fingerprint density at radius 1 is 1.39 bits per heavy atom. The van der Waals surface area contributed by atoms with Crippen LogP contribution in [0.4, 0.5) is 0 Å². The number of esters is 1. The fourth-order valence-corrected chi connectivity index (χ4v) is 5.25. The number of rotatable bonds is 4. The zero-order valence-electron chi connectivity index (χ0n) is 15.3. The fraction of sp³-hybridized carbons (Fsp3) is 0.667. The maximum absolute atomic E-state index is 12.5. The highest BCUT2D eigenvalue weighted by Crippen LogP contribution is 2.62. The van der Waals surface area contributed by atoms with Gasteiger partial charge in [-0.05, 0) is 63.2 Å². The Morgan fingerprint density at radius 3 is 2.70 bits per heavy atom. The van der Waals surface area contributed by atoms with Crippen LogP contribution in [-0.2, 0) is 9.53 Å². The predicted molar refractivity (Wildman–Crippen MR) is 96.0 cm³/mol. The van der Waals surface area contributed by atoms with Crippen LogP contribution in [0.5, 0.6) is 0 Å². The van der Waals surface area contributed by atoms with E-state index in [4.69, 9.17) is 4.74 Å². The molecule has 128 valence electrons. The van der Waals surface area contributed by atoms with E-state index in [0.29, 0.717) is 11.8 Å². The average Bonchev–Trinajstić information content (AvgIpc) is 2.52. The smallest absolute Gasteiger partial charge is 0.311 e. The van der Waals surface area contributed by atoms with Crippen molar-refractivity contribution < 1.29 is 9.53 Å². The summed E-state index contributed by atoms with van der Waals surface area (Å²) in [4.78, 5) is 12.5. The van der Waals surface area contributed by atoms with Gasteiger partial charge in [0.25, 0.3) is 0 Å². The molecule has 0 aromatic rings. The lowest BCUT2D eigenvalue weighted by atomic mass is 9.46. The average molecular weight is 316 g/mol. The topological polar surface area (TPSA) is 26.3 Å². The van der Waals surface area contributed by atoms with Gasteiger partial charge in [0.1, 0.15) is 0 Å². The summed E-state index contributed by atoms with van der Waals surface area (Å²) in [6.45, 7) is 14.8. The molecule has 0 aromatic carbocycles. The number of hydrogen-bond acceptors (Lipinski definition) is 2. The number of hydrogen-bond donors (Lipinski definition) is 0. The van der Waals surface area contributed by atoms with Gasteiger partial charge in [-0.2, -0.15) is 0 Å². The van der Waals surface area contributed by atoms with Gasteiger partial charge in [-0.3, -0.25) is 4.79 Å². The van der Waals surface area contributed by atoms with Crippen LogP contribution < -0.4 is 0 Å². The molecule has 23 heavy (non-hydrogen) atoms. The molecule has 2 aliphatic carbocycles. The quantitative estimate of drug-likeness (QED) is 0.391. The van der Waals surface area contributed by atoms with Gasteiger partial charge in [-0.1, -0.05) is 49.8 Å². The van der Waals surface area contributed by atoms with Crippen molar-refractivity contribution in [2.24, 2.45) is 22.7 Å². The monoisotopic (exact) mass is 316 g/mol. The largest absolute Gasteiger partial charge is 0.469 e. The lowest BCUT2D eigenvalue weighted by Gasteiger charge is -2.57. The Kier molecular flexibility index (Phi) is 5.23. The molecule has 0 aromatic heterocycles. The summed E-state index contributed by atoms with van der Waals surface area (Å²) in [7, 11) is 1.52. The minimum atomic E-state index is -0.349. The second-order valence-corrected chi connectivity index (χ2v) is 7.96. The van der Waals surface area contributed by atoms with Crippen molar-refractivity contribution in [3.05, 3.63) is 36.5 Å². The van der Waals surface area contributed by atoms with Crippen LogP contribution in [-0.4, -0.2) is 13.1 Å². The third kappa shape index (κ3) is 3.05. The van der Waals surface area contributed by atoms with Gasteiger partial charge in [0, 0.05) is 0 Å². The van der Waals surface area contributed by atoms with E-state index in [0.717, 1.165) is 32.1 Å². The van der Waals surface area contributed by atoms with Crippen LogP contribution in [0.3, 0.4) is 0 Å². The second-order valence-electron chi connectivity index (χ2n) is 7.96. The highest BCUT2D eigenvalue weighted by Gasteiger charge is 2.57. The maximum atomic E-state index is 12.5. The van der Waals surface area contributed by atoms with Crippen LogP contribution in [0.2, 0.25) is 0 Å². The van der Waals surface area contributed by atoms with E-state index in [-0.39, 0.29) is 16.8 Å². The van der Waals surface area contributed by atoms with Crippen molar-refractivity contribution in [2.75, 3.05) is 7.11 Å².